The van der Waals surface area contributed by atoms with Gasteiger partial charge in [-0.1, -0.05) is 62.7 Å². The number of allylic oxidation sites excluding steroid dienone is 3. The lowest BCUT2D eigenvalue weighted by Gasteiger charge is -2.46. The Kier molecular flexibility index (Phi) is 25.9. The van der Waals surface area contributed by atoms with E-state index in [1.165, 1.54) is 45.4 Å². The number of phenols is 1. The van der Waals surface area contributed by atoms with Crippen molar-refractivity contribution in [2.24, 2.45) is 29.6 Å². The van der Waals surface area contributed by atoms with Crippen LogP contribution in [0.25, 0.3) is 22.0 Å². The molecule has 6 aliphatic rings. The third-order valence-corrected chi connectivity index (χ3v) is 21.2. The molecule has 14 atom stereocenters. The highest BCUT2D eigenvalue weighted by molar-refractivity contribution is 6.39. The Bertz CT molecular complexity index is 3510. The number of rotatable bonds is 15. The minimum atomic E-state index is -2.69. The number of anilines is 2. The first kappa shape index (κ1) is 76.1. The predicted molar refractivity (Wildman–Crippen MR) is 364 cm³/mol. The number of piperidine rings is 1. The summed E-state index contributed by atoms with van der Waals surface area (Å²) >= 11 is 6.65. The van der Waals surface area contributed by atoms with Crippen molar-refractivity contribution >= 4 is 75.4 Å². The van der Waals surface area contributed by atoms with E-state index in [9.17, 15) is 59.1 Å². The number of fused-ring (bicyclic) bond motifs is 4. The third-order valence-electron chi connectivity index (χ3n) is 20.9. The summed E-state index contributed by atoms with van der Waals surface area (Å²) in [6, 6.07) is 3.69. The van der Waals surface area contributed by atoms with E-state index in [1.807, 2.05) is 30.9 Å². The maximum absolute atomic E-state index is 16.8. The van der Waals surface area contributed by atoms with Gasteiger partial charge in [0, 0.05) is 128 Å². The Morgan fingerprint density at radius 3 is 2.17 bits per heavy atom. The van der Waals surface area contributed by atoms with E-state index in [1.54, 1.807) is 28.5 Å². The molecule has 6 N–H and O–H groups in total. The van der Waals surface area contributed by atoms with Crippen LogP contribution in [0.1, 0.15) is 125 Å². The number of benzene rings is 2. The molecule has 99 heavy (non-hydrogen) atoms. The zero-order valence-corrected chi connectivity index (χ0v) is 58.5. The third kappa shape index (κ3) is 17.6. The SMILES string of the molecule is C=CC(=O)N1CCN(c2nc(NCCC(=O)N3CCN(C(=O)CCC[C@@H]4/C=C(\C)C[C@H](C)C[C@H](OC)[C@H]5O[C@@](O)(C(=O)C(=O)N6CCCC[C@H]6C(=O)O[C@H](/C(C)=C/[C@@H]6CC[C@@H](O)[C@H](OC)C6)[C@H](C)[C@@H](O)CC4=O)[C@H](C)C[C@@H]5O)CC3)nc3c(F)c(-c4c(O)cccc4F)c(Cl)cc23)CC1. The fraction of sp³-hybridized carbons (Fsp3) is 0.625. The van der Waals surface area contributed by atoms with Crippen molar-refractivity contribution in [1.82, 2.24) is 29.6 Å². The number of ketones is 2. The number of aliphatic hydroxyl groups excluding tert-OH is 3. The molecule has 2 bridgehead atoms. The van der Waals surface area contributed by atoms with E-state index >= 15 is 8.78 Å². The first-order valence-electron chi connectivity index (χ1n) is 34.7. The van der Waals surface area contributed by atoms with Gasteiger partial charge in [-0.05, 0) is 126 Å². The average molecular weight is 1400 g/mol. The molecule has 1 saturated carbocycles. The van der Waals surface area contributed by atoms with Crippen molar-refractivity contribution in [3.63, 3.8) is 0 Å². The monoisotopic (exact) mass is 1400 g/mol. The Hall–Kier alpha value is -7.04. The number of Topliss-reactive ketones (excluding diaryl/α,β-unsaturated/α-hetero) is 2. The molecule has 542 valence electrons. The quantitative estimate of drug-likeness (QED) is 0.0393. The first-order valence-corrected chi connectivity index (χ1v) is 35.1. The van der Waals surface area contributed by atoms with Crippen molar-refractivity contribution in [2.75, 3.05) is 89.9 Å². The minimum Gasteiger partial charge on any atom is -0.507 e. The molecule has 0 radical (unpaired) electrons. The van der Waals surface area contributed by atoms with Crippen molar-refractivity contribution < 1.29 is 86.8 Å². The highest BCUT2D eigenvalue weighted by Crippen LogP contribution is 2.44. The standard InChI is InChI=1S/C72H97ClF2N8O16/c1-9-58(89)79-28-30-82(31-29-79)68-47-38-48(73)61(62-49(74)15-13-17-52(62)85)63(75)64(47)77-71(78-68)76-22-21-60(91)81-26-24-80(25-27-81)59(90)18-12-14-46-33-40(2)32-41(3)34-57(97-8)66-55(88)36-43(5)72(95,99-66)67(92)69(93)83-23-11-10-16-50(83)70(94)98-65(44(6)53(86)39-54(46)87)42(4)35-45-19-20-51(84)56(37-45)96-7/h9,13,15,17,33,35,38,41,43-46,50-51,53,55-57,65-66,84-86,88,95H,1,10-12,14,16,18-32,34,36-37,39H2,2-8H3,(H,76,77,78)/b40-33+,42-35+/t41-,43+,44+,45-,46+,50-,51+,53-,55-,56+,57-,65+,66-,72+/m0/s1. The number of hydrogen-bond acceptors (Lipinski definition) is 20. The van der Waals surface area contributed by atoms with Gasteiger partial charge in [0.2, 0.25) is 29.5 Å². The van der Waals surface area contributed by atoms with E-state index in [0.717, 1.165) is 16.5 Å². The molecule has 24 nitrogen and oxygen atoms in total. The molecular weight excluding hydrogens is 1310 g/mol. The molecule has 1 aromatic heterocycles. The normalized spacial score (nSPS) is 30.4. The van der Waals surface area contributed by atoms with Gasteiger partial charge in [0.15, 0.2) is 5.82 Å². The summed E-state index contributed by atoms with van der Waals surface area (Å²) in [4.78, 5) is 116. The number of amides is 4. The van der Waals surface area contributed by atoms with Crippen molar-refractivity contribution in [3.05, 3.63) is 76.9 Å². The summed E-state index contributed by atoms with van der Waals surface area (Å²) in [5.74, 6) is -12.2. The number of carbonyl (C=O) groups is 7. The summed E-state index contributed by atoms with van der Waals surface area (Å²) in [5.41, 5.74) is 0.281. The molecule has 4 saturated heterocycles. The van der Waals surface area contributed by atoms with Crippen LogP contribution in [-0.4, -0.2) is 230 Å². The van der Waals surface area contributed by atoms with E-state index < -0.39 is 118 Å². The number of aromatic nitrogens is 2. The van der Waals surface area contributed by atoms with Crippen LogP contribution in [0.3, 0.4) is 0 Å². The lowest BCUT2D eigenvalue weighted by Crippen LogP contribution is -2.64. The summed E-state index contributed by atoms with van der Waals surface area (Å²) in [6.07, 6.45) is 1.35. The molecule has 3 aromatic rings. The Balaban J connectivity index is 0.882. The molecule has 6 heterocycles. The van der Waals surface area contributed by atoms with Crippen LogP contribution >= 0.6 is 11.6 Å². The summed E-state index contributed by atoms with van der Waals surface area (Å²) in [7, 11) is 2.94. The number of methoxy groups -OCH3 is 2. The smallest absolute Gasteiger partial charge is 0.329 e. The average Bonchev–Trinajstić information content (AvgIpc) is 0.878. The van der Waals surface area contributed by atoms with Crippen LogP contribution in [0, 0.1) is 41.2 Å². The number of carbonyl (C=O) groups excluding carboxylic acids is 7. The summed E-state index contributed by atoms with van der Waals surface area (Å²) < 4.78 is 56.0. The lowest BCUT2D eigenvalue weighted by molar-refractivity contribution is -0.300. The number of esters is 1. The molecule has 2 aromatic carbocycles. The zero-order chi connectivity index (χ0) is 71.7. The fourth-order valence-electron chi connectivity index (χ4n) is 15.1. The molecule has 0 spiro atoms. The number of cyclic esters (lactones) is 1. The number of piperazine rings is 2. The largest absolute Gasteiger partial charge is 0.507 e. The van der Waals surface area contributed by atoms with Crippen LogP contribution in [0.4, 0.5) is 20.5 Å². The van der Waals surface area contributed by atoms with Gasteiger partial charge in [-0.3, -0.25) is 28.8 Å². The second-order valence-corrected chi connectivity index (χ2v) is 28.2. The van der Waals surface area contributed by atoms with Crippen molar-refractivity contribution in [3.8, 4) is 16.9 Å². The number of nitrogens with one attached hydrogen (secondary N) is 1. The summed E-state index contributed by atoms with van der Waals surface area (Å²) in [6.45, 7) is 14.5. The van der Waals surface area contributed by atoms with Crippen LogP contribution < -0.4 is 10.2 Å². The number of phenolic OH excluding ortho intramolecular Hbond substituents is 1. The summed E-state index contributed by atoms with van der Waals surface area (Å²) in [5, 5.41) is 60.1. The fourth-order valence-corrected chi connectivity index (χ4v) is 15.4. The molecule has 0 unspecified atom stereocenters. The van der Waals surface area contributed by atoms with Gasteiger partial charge in [0.25, 0.3) is 11.7 Å². The van der Waals surface area contributed by atoms with Crippen LogP contribution in [0.15, 0.2) is 60.2 Å². The van der Waals surface area contributed by atoms with Gasteiger partial charge in [-0.25, -0.2) is 18.6 Å². The molecule has 1 aliphatic carbocycles. The number of halogens is 3. The molecule has 4 amide bonds. The van der Waals surface area contributed by atoms with Crippen molar-refractivity contribution in [1.29, 1.82) is 0 Å². The minimum absolute atomic E-state index is 0.00961. The topological polar surface area (TPSA) is 312 Å². The first-order chi connectivity index (χ1) is 47.2. The zero-order valence-electron chi connectivity index (χ0n) is 57.7. The Morgan fingerprint density at radius 2 is 1.51 bits per heavy atom. The lowest BCUT2D eigenvalue weighted by atomic mass is 9.81. The number of hydrogen-bond donors (Lipinski definition) is 6. The van der Waals surface area contributed by atoms with Crippen molar-refractivity contribution in [2.45, 2.75) is 179 Å². The van der Waals surface area contributed by atoms with Crippen LogP contribution in [0.5, 0.6) is 5.75 Å². The van der Waals surface area contributed by atoms with E-state index in [0.29, 0.717) is 70.3 Å². The molecule has 5 aliphatic heterocycles. The van der Waals surface area contributed by atoms with Gasteiger partial charge in [0.05, 0.1) is 41.1 Å². The van der Waals surface area contributed by atoms with E-state index in [2.05, 4.69) is 16.9 Å². The second-order valence-electron chi connectivity index (χ2n) is 27.8. The predicted octanol–water partition coefficient (Wildman–Crippen LogP) is 6.83. The Labute approximate surface area is 581 Å². The molecule has 5 fully saturated rings. The maximum Gasteiger partial charge on any atom is 0.329 e. The number of aliphatic hydroxyl groups is 4. The Morgan fingerprint density at radius 1 is 0.828 bits per heavy atom. The van der Waals surface area contributed by atoms with Gasteiger partial charge < -0.3 is 74.3 Å². The number of nitrogens with zero attached hydrogens (tertiary/aromatic N) is 7. The highest BCUT2D eigenvalue weighted by Gasteiger charge is 2.56. The van der Waals surface area contributed by atoms with Gasteiger partial charge in [-0.2, -0.15) is 4.98 Å². The molecule has 27 heteroatoms. The van der Waals surface area contributed by atoms with E-state index in [-0.39, 0.29) is 154 Å². The van der Waals surface area contributed by atoms with Gasteiger partial charge in [-0.15, -0.1) is 0 Å². The molecular formula is C72H97ClF2N8O16. The van der Waals surface area contributed by atoms with E-state index in [4.69, 9.17) is 35.5 Å². The van der Waals surface area contributed by atoms with Crippen LogP contribution in [-0.2, 0) is 52.5 Å². The highest BCUT2D eigenvalue weighted by atomic mass is 35.5. The van der Waals surface area contributed by atoms with Gasteiger partial charge >= 0.3 is 5.97 Å². The maximum atomic E-state index is 16.8. The van der Waals surface area contributed by atoms with Gasteiger partial charge in [0.1, 0.15) is 46.9 Å². The number of aromatic hydroxyl groups is 1. The van der Waals surface area contributed by atoms with Crippen LogP contribution in [0.2, 0.25) is 5.02 Å². The number of ether oxygens (including phenoxy) is 4. The second kappa shape index (κ2) is 33.6. The molecule has 9 rings (SSSR count).